The molecule has 2 aromatic heterocycles. The van der Waals surface area contributed by atoms with Gasteiger partial charge in [-0.3, -0.25) is 24.9 Å². The molecule has 7 rings (SSSR count). The second-order valence-electron chi connectivity index (χ2n) is 20.6. The molecule has 5 N–H and O–H groups in total. The maximum absolute atomic E-state index is 16.4. The fourth-order valence-corrected chi connectivity index (χ4v) is 9.35. The first kappa shape index (κ1) is 57.5. The number of halogens is 7. The number of aromatic nitrogens is 4. The number of benzene rings is 2. The van der Waals surface area contributed by atoms with Crippen LogP contribution in [0.2, 0.25) is 0 Å². The summed E-state index contributed by atoms with van der Waals surface area (Å²) >= 11 is 0. The number of alkyl carbamates (subject to hydrolysis) is 2. The predicted octanol–water partition coefficient (Wildman–Crippen LogP) is 5.47. The molecule has 3 aliphatic rings. The molecular formula is C51H60F7N11O8. The van der Waals surface area contributed by atoms with E-state index in [1.807, 2.05) is 5.32 Å². The molecule has 4 aromatic rings. The lowest BCUT2D eigenvalue weighted by Gasteiger charge is -2.47. The number of hydrogen-bond donors (Lipinski definition) is 5. The number of alkyl halides is 5. The van der Waals surface area contributed by atoms with Crippen molar-refractivity contribution in [2.45, 2.75) is 109 Å². The van der Waals surface area contributed by atoms with E-state index in [-0.39, 0.29) is 15.9 Å². The standard InChI is InChI=1S/C51H60F7N11O8/c1-49(2,3)41(62-47(73)75-6)44(72)65-68(40-35(52)19-31(20-36(40)53)37-16-17-67(64-37)45(54)55)25-39(70)38(61-43(71)42(63-48(74)76-7)50(4,5)51(56,57)58)18-29-11-8-28(9-12-29)10-13-30-21-59-46(60-22-30)66-23-32-14-15-33(24-66)69(32)34-26-77-27-34/h8-9,11-12,16-17,19-22,32-34,38-39,41-42,45,70H,14-15,18,23-27H2,1-7H3,(H,61,71)(H,62,73)(H,63,74)(H,65,72)/t32?,33?,38-,39-,41+,42?/m0/s1. The van der Waals surface area contributed by atoms with Gasteiger partial charge >= 0.3 is 24.9 Å². The third-order valence-electron chi connectivity index (χ3n) is 13.8. The predicted molar refractivity (Wildman–Crippen MR) is 264 cm³/mol. The van der Waals surface area contributed by atoms with Crippen molar-refractivity contribution in [2.24, 2.45) is 10.8 Å². The van der Waals surface area contributed by atoms with E-state index in [9.17, 15) is 46.2 Å². The summed E-state index contributed by atoms with van der Waals surface area (Å²) in [5.74, 6) is 1.20. The van der Waals surface area contributed by atoms with Crippen LogP contribution in [0.25, 0.3) is 11.3 Å². The van der Waals surface area contributed by atoms with Crippen molar-refractivity contribution in [2.75, 3.05) is 57.0 Å². The number of nitrogens with zero attached hydrogens (tertiary/aromatic N) is 7. The normalized spacial score (nSPS) is 18.5. The van der Waals surface area contributed by atoms with Crippen LogP contribution in [0.4, 0.5) is 52.0 Å². The molecule has 2 aromatic carbocycles. The topological polar surface area (TPSA) is 218 Å². The quantitative estimate of drug-likeness (QED) is 0.0504. The number of methoxy groups -OCH3 is 2. The maximum Gasteiger partial charge on any atom is 0.407 e. The highest BCUT2D eigenvalue weighted by atomic mass is 19.4. The van der Waals surface area contributed by atoms with Gasteiger partial charge < -0.3 is 40.2 Å². The second kappa shape index (κ2) is 23.6. The molecule has 26 heteroatoms. The number of piperazine rings is 1. The molecule has 0 radical (unpaired) electrons. The van der Waals surface area contributed by atoms with E-state index in [0.717, 1.165) is 65.6 Å². The summed E-state index contributed by atoms with van der Waals surface area (Å²) in [6.07, 6.45) is -3.73. The van der Waals surface area contributed by atoms with Crippen molar-refractivity contribution in [3.05, 3.63) is 89.4 Å². The molecule has 5 heterocycles. The summed E-state index contributed by atoms with van der Waals surface area (Å²) in [6.45, 7) is 4.90. The highest BCUT2D eigenvalue weighted by molar-refractivity contribution is 5.88. The van der Waals surface area contributed by atoms with Gasteiger partial charge in [0, 0.05) is 54.9 Å². The zero-order valence-electron chi connectivity index (χ0n) is 43.1. The first-order valence-corrected chi connectivity index (χ1v) is 24.5. The Morgan fingerprint density at radius 3 is 1.90 bits per heavy atom. The number of aliphatic hydroxyl groups is 1. The highest BCUT2D eigenvalue weighted by Gasteiger charge is 2.56. The summed E-state index contributed by atoms with van der Waals surface area (Å²) in [5.41, 5.74) is -2.07. The molecule has 0 spiro atoms. The van der Waals surface area contributed by atoms with Gasteiger partial charge in [-0.05, 0) is 74.4 Å². The summed E-state index contributed by atoms with van der Waals surface area (Å²) in [6, 6.07) is 4.44. The Morgan fingerprint density at radius 1 is 0.818 bits per heavy atom. The zero-order chi connectivity index (χ0) is 56.1. The van der Waals surface area contributed by atoms with E-state index in [0.29, 0.717) is 71.8 Å². The Morgan fingerprint density at radius 2 is 1.39 bits per heavy atom. The molecule has 0 saturated carbocycles. The minimum atomic E-state index is -5.11. The minimum Gasteiger partial charge on any atom is -0.453 e. The van der Waals surface area contributed by atoms with E-state index < -0.39 is 102 Å². The molecule has 3 unspecified atom stereocenters. The van der Waals surface area contributed by atoms with Gasteiger partial charge in [-0.1, -0.05) is 44.7 Å². The number of carbonyl (C=O) groups is 4. The zero-order valence-corrected chi connectivity index (χ0v) is 43.1. The molecule has 2 bridgehead atoms. The molecule has 3 aliphatic heterocycles. The monoisotopic (exact) mass is 1090 g/mol. The van der Waals surface area contributed by atoms with Crippen LogP contribution in [0.3, 0.4) is 0 Å². The van der Waals surface area contributed by atoms with Crippen LogP contribution in [-0.4, -0.2) is 149 Å². The van der Waals surface area contributed by atoms with E-state index in [1.54, 1.807) is 36.7 Å². The number of nitrogens with one attached hydrogen (secondary N) is 4. The fraction of sp³-hybridized carbons (Fsp3) is 0.510. The number of amides is 4. The lowest BCUT2D eigenvalue weighted by Crippen LogP contribution is -2.63. The second-order valence-corrected chi connectivity index (χ2v) is 20.6. The van der Waals surface area contributed by atoms with Crippen LogP contribution in [0.15, 0.2) is 61.1 Å². The molecule has 4 amide bonds. The van der Waals surface area contributed by atoms with Gasteiger partial charge in [0.05, 0.1) is 68.8 Å². The Balaban J connectivity index is 1.18. The van der Waals surface area contributed by atoms with Gasteiger partial charge in [0.15, 0.2) is 11.6 Å². The molecular weight excluding hydrogens is 1030 g/mol. The number of anilines is 2. The smallest absolute Gasteiger partial charge is 0.407 e. The minimum absolute atomic E-state index is 0.242. The van der Waals surface area contributed by atoms with E-state index in [1.165, 1.54) is 20.8 Å². The largest absolute Gasteiger partial charge is 0.453 e. The van der Waals surface area contributed by atoms with Crippen molar-refractivity contribution in [3.63, 3.8) is 0 Å². The number of aliphatic hydroxyl groups excluding tert-OH is 1. The number of carbonyl (C=O) groups excluding carboxylic acids is 4. The number of rotatable bonds is 17. The van der Waals surface area contributed by atoms with E-state index in [4.69, 9.17) is 4.74 Å². The van der Waals surface area contributed by atoms with Gasteiger partial charge in [0.1, 0.15) is 17.8 Å². The number of hydrogen-bond acceptors (Lipinski definition) is 14. The third kappa shape index (κ3) is 13.5. The van der Waals surface area contributed by atoms with Crippen molar-refractivity contribution in [1.82, 2.24) is 46.0 Å². The highest BCUT2D eigenvalue weighted by Crippen LogP contribution is 2.41. The van der Waals surface area contributed by atoms with Gasteiger partial charge in [-0.25, -0.2) is 33.0 Å². The van der Waals surface area contributed by atoms with Gasteiger partial charge in [0.2, 0.25) is 11.9 Å². The fourth-order valence-electron chi connectivity index (χ4n) is 9.35. The Kier molecular flexibility index (Phi) is 17.6. The Bertz CT molecular complexity index is 2780. The van der Waals surface area contributed by atoms with E-state index >= 15 is 8.78 Å². The average molecular weight is 1090 g/mol. The summed E-state index contributed by atoms with van der Waals surface area (Å²) in [7, 11) is 1.89. The number of hydrazine groups is 1. The molecule has 3 saturated heterocycles. The van der Waals surface area contributed by atoms with Crippen LogP contribution in [0, 0.1) is 34.3 Å². The van der Waals surface area contributed by atoms with Gasteiger partial charge in [-0.2, -0.15) is 27.1 Å². The first-order chi connectivity index (χ1) is 36.3. The Hall–Kier alpha value is -7.24. The summed E-state index contributed by atoms with van der Waals surface area (Å²) < 4.78 is 118. The van der Waals surface area contributed by atoms with Gasteiger partial charge in [-0.15, -0.1) is 0 Å². The van der Waals surface area contributed by atoms with Crippen LogP contribution in [0.5, 0.6) is 0 Å². The van der Waals surface area contributed by atoms with Crippen LogP contribution in [-0.2, 0) is 30.2 Å². The summed E-state index contributed by atoms with van der Waals surface area (Å²) in [5, 5.41) is 22.9. The number of ether oxygens (including phenoxy) is 3. The van der Waals surface area contributed by atoms with Gasteiger partial charge in [0.25, 0.3) is 5.91 Å². The Labute approximate surface area is 439 Å². The SMILES string of the molecule is COC(=O)NC(C(=O)N[C@@H](Cc1ccc(C#Cc2cnc(N3CC4CCC(C3)N4C3COC3)nc2)cc1)[C@@H](O)CN(NC(=O)[C@@H](NC(=O)OC)C(C)(C)C)c1c(F)cc(-c2ccn(C(F)F)n2)cc1F)C(C)(C)C(F)(F)F. The molecule has 19 nitrogen and oxygen atoms in total. The molecule has 0 aliphatic carbocycles. The number of fused-ring (bicyclic) bond motifs is 2. The maximum atomic E-state index is 16.4. The molecule has 77 heavy (non-hydrogen) atoms. The average Bonchev–Trinajstić information content (AvgIpc) is 3.98. The lowest BCUT2D eigenvalue weighted by atomic mass is 9.82. The molecule has 416 valence electrons. The van der Waals surface area contributed by atoms with Crippen LogP contribution >= 0.6 is 0 Å². The van der Waals surface area contributed by atoms with Crippen LogP contribution < -0.4 is 31.3 Å². The van der Waals surface area contributed by atoms with Crippen molar-refractivity contribution in [3.8, 4) is 23.1 Å². The van der Waals surface area contributed by atoms with Crippen molar-refractivity contribution in [1.29, 1.82) is 0 Å². The van der Waals surface area contributed by atoms with Crippen molar-refractivity contribution >= 4 is 35.6 Å². The molecule has 3 fully saturated rings. The first-order valence-electron chi connectivity index (χ1n) is 24.5. The lowest BCUT2D eigenvalue weighted by molar-refractivity contribution is -0.220. The molecule has 6 atom stereocenters. The van der Waals surface area contributed by atoms with Crippen molar-refractivity contribution < 1.29 is 69.2 Å². The third-order valence-corrected chi connectivity index (χ3v) is 13.8. The van der Waals surface area contributed by atoms with E-state index in [2.05, 4.69) is 62.2 Å². The summed E-state index contributed by atoms with van der Waals surface area (Å²) in [4.78, 5) is 66.9. The van der Waals surface area contributed by atoms with Crippen LogP contribution in [0.1, 0.15) is 70.7 Å².